The maximum atomic E-state index is 11.0. The van der Waals surface area contributed by atoms with Crippen molar-refractivity contribution < 1.29 is 12.6 Å². The Morgan fingerprint density at radius 2 is 1.70 bits per heavy atom. The molecule has 3 rings (SSSR count). The van der Waals surface area contributed by atoms with Crippen LogP contribution in [0.2, 0.25) is 0 Å². The Labute approximate surface area is 160 Å². The highest BCUT2D eigenvalue weighted by molar-refractivity contribution is 7.85. The van der Waals surface area contributed by atoms with Crippen molar-refractivity contribution >= 4 is 10.1 Å². The van der Waals surface area contributed by atoms with Crippen molar-refractivity contribution in [3.8, 4) is 16.8 Å². The average Bonchev–Trinajstić information content (AvgIpc) is 2.98. The Balaban J connectivity index is 1.86. The molecular formula is C21H24N2O3S. The molecule has 2 aromatic carbocycles. The van der Waals surface area contributed by atoms with E-state index in [1.165, 1.54) is 11.1 Å². The molecule has 0 unspecified atom stereocenters. The average molecular weight is 385 g/mol. The van der Waals surface area contributed by atoms with Gasteiger partial charge in [-0.25, -0.2) is 4.68 Å². The van der Waals surface area contributed by atoms with Gasteiger partial charge in [0.15, 0.2) is 0 Å². The third kappa shape index (κ3) is 4.64. The van der Waals surface area contributed by atoms with Gasteiger partial charge in [-0.2, -0.15) is 13.5 Å². The lowest BCUT2D eigenvalue weighted by atomic mass is 10.0. The van der Waals surface area contributed by atoms with Gasteiger partial charge >= 0.3 is 0 Å². The Morgan fingerprint density at radius 3 is 2.30 bits per heavy atom. The van der Waals surface area contributed by atoms with Crippen LogP contribution in [0, 0.1) is 6.92 Å². The van der Waals surface area contributed by atoms with Crippen LogP contribution >= 0.6 is 0 Å². The monoisotopic (exact) mass is 384 g/mol. The van der Waals surface area contributed by atoms with E-state index >= 15 is 0 Å². The minimum atomic E-state index is -3.40. The van der Waals surface area contributed by atoms with E-state index in [4.69, 9.17) is 9.28 Å². The van der Waals surface area contributed by atoms with E-state index in [9.17, 15) is 8.42 Å². The number of aromatic nitrogens is 2. The molecule has 0 N–H and O–H groups in total. The summed E-state index contributed by atoms with van der Waals surface area (Å²) in [6.45, 7) is 4.35. The van der Waals surface area contributed by atoms with Crippen LogP contribution in [0.4, 0.5) is 0 Å². The molecule has 1 aromatic heterocycles. The van der Waals surface area contributed by atoms with Gasteiger partial charge in [0.2, 0.25) is 0 Å². The van der Waals surface area contributed by atoms with Crippen molar-refractivity contribution in [1.29, 1.82) is 0 Å². The quantitative estimate of drug-likeness (QED) is 0.579. The Hall–Kier alpha value is -2.44. The Bertz CT molecular complexity index is 1010. The Kier molecular flexibility index (Phi) is 5.77. The second-order valence-electron chi connectivity index (χ2n) is 6.48. The molecule has 0 amide bonds. The molecule has 0 saturated carbocycles. The second kappa shape index (κ2) is 8.06. The summed E-state index contributed by atoms with van der Waals surface area (Å²) in [4.78, 5) is 0. The molecule has 0 radical (unpaired) electrons. The fraction of sp³-hybridized carbons (Fsp3) is 0.286. The predicted octanol–water partition coefficient (Wildman–Crippen LogP) is 3.93. The molecule has 3 aromatic rings. The minimum absolute atomic E-state index is 0.150. The largest absolute Gasteiger partial charge is 0.270 e. The molecule has 0 aliphatic carbocycles. The first-order valence-corrected chi connectivity index (χ1v) is 10.8. The standard InChI is InChI=1S/C21H24N2O3S/c1-4-20-21(18-8-6-5-7-9-18)16(2)23(22-20)19-12-10-17(11-13-19)14-15-26-27(3,24)25/h5-13H,4,14-15H2,1-3H3. The Morgan fingerprint density at radius 1 is 1.04 bits per heavy atom. The van der Waals surface area contributed by atoms with Crippen LogP contribution in [-0.4, -0.2) is 31.1 Å². The molecule has 0 saturated heterocycles. The highest BCUT2D eigenvalue weighted by atomic mass is 32.2. The molecule has 142 valence electrons. The van der Waals surface area contributed by atoms with Crippen LogP contribution in [0.25, 0.3) is 16.8 Å². The van der Waals surface area contributed by atoms with Gasteiger partial charge in [-0.05, 0) is 43.0 Å². The highest BCUT2D eigenvalue weighted by Gasteiger charge is 2.16. The molecule has 0 bridgehead atoms. The topological polar surface area (TPSA) is 61.2 Å². The predicted molar refractivity (Wildman–Crippen MR) is 108 cm³/mol. The van der Waals surface area contributed by atoms with E-state index in [2.05, 4.69) is 26.0 Å². The first-order chi connectivity index (χ1) is 12.9. The third-order valence-corrected chi connectivity index (χ3v) is 5.05. The molecule has 0 atom stereocenters. The number of aryl methyl sites for hydroxylation is 1. The fourth-order valence-electron chi connectivity index (χ4n) is 3.15. The van der Waals surface area contributed by atoms with Crippen LogP contribution in [-0.2, 0) is 27.1 Å². The molecule has 0 aliphatic heterocycles. The van der Waals surface area contributed by atoms with Gasteiger partial charge in [-0.3, -0.25) is 4.18 Å². The summed E-state index contributed by atoms with van der Waals surface area (Å²) in [6, 6.07) is 18.3. The van der Waals surface area contributed by atoms with Crippen molar-refractivity contribution in [2.45, 2.75) is 26.7 Å². The van der Waals surface area contributed by atoms with E-state index in [0.29, 0.717) is 6.42 Å². The second-order valence-corrected chi connectivity index (χ2v) is 8.12. The maximum absolute atomic E-state index is 11.0. The molecule has 0 aliphatic rings. The smallest absolute Gasteiger partial charge is 0.264 e. The van der Waals surface area contributed by atoms with E-state index in [1.807, 2.05) is 47.1 Å². The highest BCUT2D eigenvalue weighted by Crippen LogP contribution is 2.29. The van der Waals surface area contributed by atoms with Crippen molar-refractivity contribution in [2.24, 2.45) is 0 Å². The van der Waals surface area contributed by atoms with Crippen LogP contribution < -0.4 is 0 Å². The molecular weight excluding hydrogens is 360 g/mol. The summed E-state index contributed by atoms with van der Waals surface area (Å²) in [5.74, 6) is 0. The summed E-state index contributed by atoms with van der Waals surface area (Å²) < 4.78 is 28.9. The number of benzene rings is 2. The van der Waals surface area contributed by atoms with Gasteiger partial charge < -0.3 is 0 Å². The van der Waals surface area contributed by atoms with Gasteiger partial charge in [-0.1, -0.05) is 49.4 Å². The van der Waals surface area contributed by atoms with Gasteiger partial charge in [0.25, 0.3) is 10.1 Å². The van der Waals surface area contributed by atoms with E-state index in [-0.39, 0.29) is 6.61 Å². The molecule has 27 heavy (non-hydrogen) atoms. The maximum Gasteiger partial charge on any atom is 0.264 e. The zero-order valence-corrected chi connectivity index (χ0v) is 16.7. The molecule has 6 heteroatoms. The molecule has 1 heterocycles. The van der Waals surface area contributed by atoms with Crippen molar-refractivity contribution in [3.63, 3.8) is 0 Å². The summed E-state index contributed by atoms with van der Waals surface area (Å²) in [5, 5.41) is 4.81. The van der Waals surface area contributed by atoms with Gasteiger partial charge in [0, 0.05) is 11.3 Å². The fourth-order valence-corrected chi connectivity index (χ4v) is 3.54. The van der Waals surface area contributed by atoms with Gasteiger partial charge in [0.1, 0.15) is 0 Å². The molecule has 5 nitrogen and oxygen atoms in total. The SMILES string of the molecule is CCc1nn(-c2ccc(CCOS(C)(=O)=O)cc2)c(C)c1-c1ccccc1. The third-order valence-electron chi connectivity index (χ3n) is 4.46. The van der Waals surface area contributed by atoms with E-state index in [1.54, 1.807) is 0 Å². The van der Waals surface area contributed by atoms with Crippen molar-refractivity contribution in [1.82, 2.24) is 9.78 Å². The lowest BCUT2D eigenvalue weighted by molar-refractivity contribution is 0.326. The summed E-state index contributed by atoms with van der Waals surface area (Å²) in [6.07, 6.45) is 2.46. The summed E-state index contributed by atoms with van der Waals surface area (Å²) >= 11 is 0. The number of hydrogen-bond acceptors (Lipinski definition) is 4. The van der Waals surface area contributed by atoms with E-state index in [0.717, 1.165) is 35.3 Å². The number of rotatable bonds is 7. The lowest BCUT2D eigenvalue weighted by Crippen LogP contribution is -2.06. The zero-order chi connectivity index (χ0) is 19.4. The minimum Gasteiger partial charge on any atom is -0.270 e. The summed E-state index contributed by atoms with van der Waals surface area (Å²) in [7, 11) is -3.40. The van der Waals surface area contributed by atoms with Gasteiger partial charge in [0.05, 0.1) is 24.2 Å². The van der Waals surface area contributed by atoms with Crippen LogP contribution in [0.1, 0.15) is 23.9 Å². The first-order valence-electron chi connectivity index (χ1n) is 8.96. The zero-order valence-electron chi connectivity index (χ0n) is 15.8. The number of nitrogens with zero attached hydrogens (tertiary/aromatic N) is 2. The van der Waals surface area contributed by atoms with E-state index < -0.39 is 10.1 Å². The normalized spacial score (nSPS) is 11.7. The lowest BCUT2D eigenvalue weighted by Gasteiger charge is -2.07. The van der Waals surface area contributed by atoms with Gasteiger partial charge in [-0.15, -0.1) is 0 Å². The molecule has 0 fully saturated rings. The van der Waals surface area contributed by atoms with Crippen molar-refractivity contribution in [2.75, 3.05) is 12.9 Å². The number of hydrogen-bond donors (Lipinski definition) is 0. The molecule has 0 spiro atoms. The summed E-state index contributed by atoms with van der Waals surface area (Å²) in [5.41, 5.74) is 6.54. The first kappa shape index (κ1) is 19.3. The van der Waals surface area contributed by atoms with Crippen molar-refractivity contribution in [3.05, 3.63) is 71.5 Å². The van der Waals surface area contributed by atoms with Crippen LogP contribution in [0.15, 0.2) is 54.6 Å². The van der Waals surface area contributed by atoms with Crippen LogP contribution in [0.3, 0.4) is 0 Å². The van der Waals surface area contributed by atoms with Crippen LogP contribution in [0.5, 0.6) is 0 Å².